The molecule has 0 spiro atoms. The van der Waals surface area contributed by atoms with Crippen LogP contribution in [-0.4, -0.2) is 22.7 Å². The summed E-state index contributed by atoms with van der Waals surface area (Å²) in [6.45, 7) is 6.61. The second-order valence-corrected chi connectivity index (χ2v) is 6.58. The van der Waals surface area contributed by atoms with Gasteiger partial charge in [0.2, 0.25) is 0 Å². The fourth-order valence-corrected chi connectivity index (χ4v) is 2.97. The van der Waals surface area contributed by atoms with Crippen LogP contribution in [-0.2, 0) is 6.61 Å². The Bertz CT molecular complexity index is 563. The Kier molecular flexibility index (Phi) is 4.45. The van der Waals surface area contributed by atoms with Gasteiger partial charge in [-0.2, -0.15) is 0 Å². The minimum absolute atomic E-state index is 0.0300. The molecular formula is C16H22N2OS. The van der Waals surface area contributed by atoms with Gasteiger partial charge >= 0.3 is 0 Å². The molecular weight excluding hydrogens is 268 g/mol. The molecule has 1 heterocycles. The number of benzene rings is 1. The number of hydrogen-bond donors (Lipinski definition) is 1. The molecule has 0 saturated carbocycles. The van der Waals surface area contributed by atoms with Crippen molar-refractivity contribution in [1.82, 2.24) is 4.98 Å². The average Bonchev–Trinajstić information content (AvgIpc) is 2.91. The number of hydrogen-bond acceptors (Lipinski definition) is 4. The van der Waals surface area contributed by atoms with Crippen LogP contribution in [0.3, 0.4) is 0 Å². The Morgan fingerprint density at radius 2 is 1.90 bits per heavy atom. The third-order valence-electron chi connectivity index (χ3n) is 3.94. The Balaban J connectivity index is 2.42. The fourth-order valence-electron chi connectivity index (χ4n) is 1.91. The zero-order valence-electron chi connectivity index (χ0n) is 12.6. The van der Waals surface area contributed by atoms with E-state index < -0.39 is 0 Å². The summed E-state index contributed by atoms with van der Waals surface area (Å²) in [5.41, 5.74) is 2.01. The molecule has 0 aliphatic carbocycles. The van der Waals surface area contributed by atoms with Crippen molar-refractivity contribution in [2.45, 2.75) is 39.3 Å². The predicted molar refractivity (Wildman–Crippen MR) is 86.2 cm³/mol. The molecule has 20 heavy (non-hydrogen) atoms. The summed E-state index contributed by atoms with van der Waals surface area (Å²) in [5, 5.41) is 10.5. The Morgan fingerprint density at radius 1 is 1.25 bits per heavy atom. The van der Waals surface area contributed by atoms with E-state index in [1.807, 2.05) is 30.3 Å². The van der Waals surface area contributed by atoms with E-state index in [2.05, 4.69) is 32.7 Å². The van der Waals surface area contributed by atoms with Crippen molar-refractivity contribution in [2.24, 2.45) is 0 Å². The van der Waals surface area contributed by atoms with Crippen LogP contribution in [0.2, 0.25) is 0 Å². The van der Waals surface area contributed by atoms with Gasteiger partial charge in [0.1, 0.15) is 0 Å². The predicted octanol–water partition coefficient (Wildman–Crippen LogP) is 3.93. The maximum atomic E-state index is 9.59. The molecule has 0 saturated heterocycles. The summed E-state index contributed by atoms with van der Waals surface area (Å²) >= 11 is 1.57. The van der Waals surface area contributed by atoms with Crippen molar-refractivity contribution in [3.05, 3.63) is 35.2 Å². The molecule has 0 amide bonds. The van der Waals surface area contributed by atoms with Gasteiger partial charge in [-0.3, -0.25) is 0 Å². The van der Waals surface area contributed by atoms with Crippen LogP contribution in [0.1, 0.15) is 32.1 Å². The van der Waals surface area contributed by atoms with Gasteiger partial charge in [0.05, 0.1) is 17.2 Å². The number of anilines is 1. The van der Waals surface area contributed by atoms with Crippen LogP contribution < -0.4 is 4.90 Å². The molecule has 0 bridgehead atoms. The summed E-state index contributed by atoms with van der Waals surface area (Å²) < 4.78 is 0. The van der Waals surface area contributed by atoms with E-state index >= 15 is 0 Å². The zero-order valence-corrected chi connectivity index (χ0v) is 13.4. The molecule has 0 radical (unpaired) electrons. The number of rotatable bonds is 5. The van der Waals surface area contributed by atoms with E-state index in [0.717, 1.165) is 27.7 Å². The molecule has 1 aromatic heterocycles. The summed E-state index contributed by atoms with van der Waals surface area (Å²) in [5.74, 6) is 0. The van der Waals surface area contributed by atoms with Gasteiger partial charge in [-0.15, -0.1) is 0 Å². The lowest BCUT2D eigenvalue weighted by Crippen LogP contribution is -2.40. The number of aliphatic hydroxyl groups is 1. The van der Waals surface area contributed by atoms with Gasteiger partial charge in [0.15, 0.2) is 5.13 Å². The van der Waals surface area contributed by atoms with Crippen molar-refractivity contribution in [3.63, 3.8) is 0 Å². The number of aromatic nitrogens is 1. The number of thiazole rings is 1. The molecule has 0 aliphatic heterocycles. The minimum atomic E-state index is 0.0300. The molecule has 3 nitrogen and oxygen atoms in total. The number of nitrogens with zero attached hydrogens (tertiary/aromatic N) is 2. The quantitative estimate of drug-likeness (QED) is 0.906. The van der Waals surface area contributed by atoms with Gasteiger partial charge in [0, 0.05) is 18.2 Å². The van der Waals surface area contributed by atoms with Crippen LogP contribution >= 0.6 is 11.3 Å². The second kappa shape index (κ2) is 5.94. The molecule has 0 unspecified atom stereocenters. The van der Waals surface area contributed by atoms with Crippen molar-refractivity contribution >= 4 is 16.5 Å². The summed E-state index contributed by atoms with van der Waals surface area (Å²) in [6.07, 6.45) is 1.04. The topological polar surface area (TPSA) is 36.4 Å². The van der Waals surface area contributed by atoms with Gasteiger partial charge in [0.25, 0.3) is 0 Å². The molecule has 1 aromatic carbocycles. The Morgan fingerprint density at radius 3 is 2.45 bits per heavy atom. The van der Waals surface area contributed by atoms with Crippen LogP contribution in [0.4, 0.5) is 5.13 Å². The molecule has 0 atom stereocenters. The van der Waals surface area contributed by atoms with E-state index in [0.29, 0.717) is 0 Å². The summed E-state index contributed by atoms with van der Waals surface area (Å²) in [6, 6.07) is 10.0. The lowest BCUT2D eigenvalue weighted by molar-refractivity contribution is 0.286. The smallest absolute Gasteiger partial charge is 0.186 e. The molecule has 0 fully saturated rings. The normalized spacial score (nSPS) is 11.7. The van der Waals surface area contributed by atoms with E-state index in [-0.39, 0.29) is 12.1 Å². The minimum Gasteiger partial charge on any atom is -0.391 e. The molecule has 1 N–H and O–H groups in total. The van der Waals surface area contributed by atoms with E-state index in [4.69, 9.17) is 4.98 Å². The highest BCUT2D eigenvalue weighted by molar-refractivity contribution is 7.16. The average molecular weight is 290 g/mol. The van der Waals surface area contributed by atoms with Gasteiger partial charge in [-0.05, 0) is 20.3 Å². The van der Waals surface area contributed by atoms with Crippen LogP contribution in [0, 0.1) is 0 Å². The van der Waals surface area contributed by atoms with E-state index in [1.165, 1.54) is 0 Å². The van der Waals surface area contributed by atoms with Crippen molar-refractivity contribution in [1.29, 1.82) is 0 Å². The maximum Gasteiger partial charge on any atom is 0.186 e. The monoisotopic (exact) mass is 290 g/mol. The van der Waals surface area contributed by atoms with Crippen LogP contribution in [0.15, 0.2) is 30.3 Å². The molecule has 0 aliphatic rings. The standard InChI is InChI=1S/C16H22N2OS/c1-5-16(2,3)18(4)15-17-14(13(11-19)20-15)12-9-7-6-8-10-12/h6-10,19H,5,11H2,1-4H3. The van der Waals surface area contributed by atoms with Crippen molar-refractivity contribution in [2.75, 3.05) is 11.9 Å². The first-order chi connectivity index (χ1) is 9.49. The van der Waals surface area contributed by atoms with E-state index in [9.17, 15) is 5.11 Å². The van der Waals surface area contributed by atoms with Crippen LogP contribution in [0.5, 0.6) is 0 Å². The molecule has 108 valence electrons. The second-order valence-electron chi connectivity index (χ2n) is 5.52. The third kappa shape index (κ3) is 2.86. The van der Waals surface area contributed by atoms with Crippen molar-refractivity contribution in [3.8, 4) is 11.3 Å². The third-order valence-corrected chi connectivity index (χ3v) is 5.05. The molecule has 2 rings (SSSR count). The lowest BCUT2D eigenvalue weighted by Gasteiger charge is -2.34. The maximum absolute atomic E-state index is 9.59. The first kappa shape index (κ1) is 15.0. The summed E-state index contributed by atoms with van der Waals surface area (Å²) in [4.78, 5) is 7.87. The van der Waals surface area contributed by atoms with Gasteiger partial charge < -0.3 is 10.0 Å². The highest BCUT2D eigenvalue weighted by Crippen LogP contribution is 2.35. The lowest BCUT2D eigenvalue weighted by atomic mass is 10.0. The Hall–Kier alpha value is -1.39. The van der Waals surface area contributed by atoms with Crippen molar-refractivity contribution < 1.29 is 5.11 Å². The van der Waals surface area contributed by atoms with Gasteiger partial charge in [-0.25, -0.2) is 4.98 Å². The van der Waals surface area contributed by atoms with Crippen LogP contribution in [0.25, 0.3) is 11.3 Å². The molecule has 2 aromatic rings. The fraction of sp³-hybridized carbons (Fsp3) is 0.438. The molecule has 4 heteroatoms. The van der Waals surface area contributed by atoms with Gasteiger partial charge in [-0.1, -0.05) is 48.6 Å². The van der Waals surface area contributed by atoms with E-state index in [1.54, 1.807) is 11.3 Å². The SMILES string of the molecule is CCC(C)(C)N(C)c1nc(-c2ccccc2)c(CO)s1. The summed E-state index contributed by atoms with van der Waals surface area (Å²) in [7, 11) is 2.07. The highest BCUT2D eigenvalue weighted by atomic mass is 32.1. The largest absolute Gasteiger partial charge is 0.391 e. The number of aliphatic hydroxyl groups excluding tert-OH is 1. The first-order valence-corrected chi connectivity index (χ1v) is 7.71. The zero-order chi connectivity index (χ0) is 14.8. The highest BCUT2D eigenvalue weighted by Gasteiger charge is 2.25. The Labute approximate surface area is 124 Å². The first-order valence-electron chi connectivity index (χ1n) is 6.89.